The van der Waals surface area contributed by atoms with Crippen molar-refractivity contribution in [3.8, 4) is 0 Å². The van der Waals surface area contributed by atoms with Crippen molar-refractivity contribution in [3.05, 3.63) is 78.9 Å². The standard InChI is InChI=1S/C38H62O3S/c1-2-3-4-5-6-7-8-9-10-11-12-13-14-15-17-20-23-27-32-37(42(40,41)38-34-29-26-30-35-38)33-28-24-21-18-16-19-22-25-31-36-39/h6-7,9-10,12-13,15,17,26,29-30,34-35,37,39H,2-5,8,11,14,16,18-25,27-28,31-33,36H2,1H3/b7-6-,10-9-,13-12-,17-15-. The molecule has 3 nitrogen and oxygen atoms in total. The van der Waals surface area contributed by atoms with Gasteiger partial charge in [0, 0.05) is 6.61 Å². The normalized spacial score (nSPS) is 13.4. The molecule has 1 aromatic carbocycles. The highest BCUT2D eigenvalue weighted by atomic mass is 32.2. The van der Waals surface area contributed by atoms with Gasteiger partial charge in [-0.15, -0.1) is 0 Å². The van der Waals surface area contributed by atoms with Crippen molar-refractivity contribution < 1.29 is 13.5 Å². The predicted octanol–water partition coefficient (Wildman–Crippen LogP) is 11.3. The van der Waals surface area contributed by atoms with E-state index in [2.05, 4.69) is 55.5 Å². The summed E-state index contributed by atoms with van der Waals surface area (Å²) in [5.74, 6) is 0. The molecule has 1 N–H and O–H groups in total. The Bertz CT molecular complexity index is 944. The molecular weight excluding hydrogens is 536 g/mol. The number of aliphatic hydroxyl groups is 1. The number of benzene rings is 1. The highest BCUT2D eigenvalue weighted by Crippen LogP contribution is 2.25. The molecule has 0 aliphatic carbocycles. The highest BCUT2D eigenvalue weighted by molar-refractivity contribution is 7.92. The van der Waals surface area contributed by atoms with Gasteiger partial charge in [0.1, 0.15) is 0 Å². The Hall–Kier alpha value is -1.91. The van der Waals surface area contributed by atoms with Gasteiger partial charge >= 0.3 is 0 Å². The molecule has 1 rings (SSSR count). The molecule has 4 heteroatoms. The van der Waals surface area contributed by atoms with Gasteiger partial charge in [-0.05, 0) is 76.3 Å². The monoisotopic (exact) mass is 598 g/mol. The van der Waals surface area contributed by atoms with E-state index < -0.39 is 9.84 Å². The van der Waals surface area contributed by atoms with Crippen LogP contribution >= 0.6 is 0 Å². The summed E-state index contributed by atoms with van der Waals surface area (Å²) in [5.41, 5.74) is 0. The summed E-state index contributed by atoms with van der Waals surface area (Å²) >= 11 is 0. The van der Waals surface area contributed by atoms with Crippen molar-refractivity contribution in [1.29, 1.82) is 0 Å². The Kier molecular flexibility index (Phi) is 25.3. The minimum Gasteiger partial charge on any atom is -0.396 e. The lowest BCUT2D eigenvalue weighted by Gasteiger charge is -2.18. The van der Waals surface area contributed by atoms with E-state index in [0.29, 0.717) is 11.5 Å². The summed E-state index contributed by atoms with van der Waals surface area (Å²) in [6.07, 6.45) is 40.8. The van der Waals surface area contributed by atoms with Crippen LogP contribution in [0.3, 0.4) is 0 Å². The molecule has 0 amide bonds. The fraction of sp³-hybridized carbons (Fsp3) is 0.632. The number of hydrogen-bond donors (Lipinski definition) is 1. The third-order valence-corrected chi connectivity index (χ3v) is 10.1. The maximum atomic E-state index is 13.4. The lowest BCUT2D eigenvalue weighted by Crippen LogP contribution is -2.21. The molecule has 0 aromatic heterocycles. The Labute approximate surface area is 260 Å². The van der Waals surface area contributed by atoms with Crippen molar-refractivity contribution in [2.45, 2.75) is 152 Å². The van der Waals surface area contributed by atoms with Crippen LogP contribution in [0.5, 0.6) is 0 Å². The first kappa shape index (κ1) is 38.1. The molecule has 0 saturated heterocycles. The summed E-state index contributed by atoms with van der Waals surface area (Å²) < 4.78 is 26.8. The first-order valence-electron chi connectivity index (χ1n) is 17.1. The quantitative estimate of drug-likeness (QED) is 0.0771. The van der Waals surface area contributed by atoms with Gasteiger partial charge in [0.05, 0.1) is 10.1 Å². The van der Waals surface area contributed by atoms with E-state index >= 15 is 0 Å². The summed E-state index contributed by atoms with van der Waals surface area (Å²) in [5, 5.41) is 8.59. The Morgan fingerprint density at radius 2 is 1.00 bits per heavy atom. The maximum absolute atomic E-state index is 13.4. The van der Waals surface area contributed by atoms with Gasteiger partial charge in [0.25, 0.3) is 0 Å². The SMILES string of the molecule is CCCCC/C=C\C/C=C\C/C=C\C/C=C\CCCCC(CCCCCCCCCCCO)S(=O)(=O)c1ccccc1. The van der Waals surface area contributed by atoms with Crippen molar-refractivity contribution in [3.63, 3.8) is 0 Å². The van der Waals surface area contributed by atoms with Crippen LogP contribution in [0, 0.1) is 0 Å². The average Bonchev–Trinajstić information content (AvgIpc) is 3.00. The number of rotatable bonds is 28. The first-order valence-corrected chi connectivity index (χ1v) is 18.7. The lowest BCUT2D eigenvalue weighted by molar-refractivity contribution is 0.282. The predicted molar refractivity (Wildman–Crippen MR) is 184 cm³/mol. The van der Waals surface area contributed by atoms with Gasteiger partial charge in [0.15, 0.2) is 9.84 Å². The van der Waals surface area contributed by atoms with Crippen molar-refractivity contribution in [1.82, 2.24) is 0 Å². The molecule has 0 bridgehead atoms. The molecule has 0 aliphatic rings. The maximum Gasteiger partial charge on any atom is 0.181 e. The Morgan fingerprint density at radius 3 is 1.50 bits per heavy atom. The second-order valence-corrected chi connectivity index (χ2v) is 13.8. The molecule has 1 aromatic rings. The summed E-state index contributed by atoms with van der Waals surface area (Å²) in [6.45, 7) is 2.55. The molecule has 1 atom stereocenters. The van der Waals surface area contributed by atoms with E-state index in [9.17, 15) is 8.42 Å². The number of sulfone groups is 1. The van der Waals surface area contributed by atoms with Crippen LogP contribution in [0.15, 0.2) is 83.8 Å². The van der Waals surface area contributed by atoms with Gasteiger partial charge in [-0.1, -0.05) is 144 Å². The van der Waals surface area contributed by atoms with Crippen molar-refractivity contribution in [2.75, 3.05) is 6.61 Å². The topological polar surface area (TPSA) is 54.4 Å². The zero-order valence-corrected chi connectivity index (χ0v) is 27.6. The van der Waals surface area contributed by atoms with Crippen LogP contribution in [-0.4, -0.2) is 25.4 Å². The molecule has 0 fully saturated rings. The van der Waals surface area contributed by atoms with Crippen LogP contribution in [0.4, 0.5) is 0 Å². The minimum atomic E-state index is -3.29. The van der Waals surface area contributed by atoms with Gasteiger partial charge in [0.2, 0.25) is 0 Å². The van der Waals surface area contributed by atoms with Crippen molar-refractivity contribution >= 4 is 9.84 Å². The number of unbranched alkanes of at least 4 members (excludes halogenated alkanes) is 13. The molecule has 1 unspecified atom stereocenters. The number of allylic oxidation sites excluding steroid dienone is 8. The molecule has 0 heterocycles. The molecular formula is C38H62O3S. The lowest BCUT2D eigenvalue weighted by atomic mass is 10.0. The Balaban J connectivity index is 2.28. The Morgan fingerprint density at radius 1 is 0.571 bits per heavy atom. The fourth-order valence-corrected chi connectivity index (χ4v) is 7.05. The van der Waals surface area contributed by atoms with Crippen LogP contribution in [-0.2, 0) is 9.84 Å². The van der Waals surface area contributed by atoms with Crippen molar-refractivity contribution in [2.24, 2.45) is 0 Å². The average molecular weight is 599 g/mol. The summed E-state index contributed by atoms with van der Waals surface area (Å²) in [7, 11) is -3.29. The van der Waals surface area contributed by atoms with E-state index in [1.54, 1.807) is 12.1 Å². The van der Waals surface area contributed by atoms with Crippen LogP contribution < -0.4 is 0 Å². The second-order valence-electron chi connectivity index (χ2n) is 11.5. The number of aliphatic hydroxyl groups excluding tert-OH is 1. The second kappa shape index (κ2) is 27.9. The largest absolute Gasteiger partial charge is 0.396 e. The van der Waals surface area contributed by atoms with Gasteiger partial charge in [-0.2, -0.15) is 0 Å². The summed E-state index contributed by atoms with van der Waals surface area (Å²) in [4.78, 5) is 0.471. The molecule has 238 valence electrons. The smallest absolute Gasteiger partial charge is 0.181 e. The third kappa shape index (κ3) is 20.9. The summed E-state index contributed by atoms with van der Waals surface area (Å²) in [6, 6.07) is 9.03. The minimum absolute atomic E-state index is 0.283. The van der Waals surface area contributed by atoms with Crippen LogP contribution in [0.1, 0.15) is 142 Å². The first-order chi connectivity index (χ1) is 20.6. The number of hydrogen-bond acceptors (Lipinski definition) is 3. The van der Waals surface area contributed by atoms with E-state index in [0.717, 1.165) is 77.0 Å². The van der Waals surface area contributed by atoms with Crippen LogP contribution in [0.2, 0.25) is 0 Å². The van der Waals surface area contributed by atoms with Gasteiger partial charge in [-0.3, -0.25) is 0 Å². The van der Waals surface area contributed by atoms with E-state index in [1.165, 1.54) is 57.8 Å². The van der Waals surface area contributed by atoms with E-state index in [4.69, 9.17) is 5.11 Å². The zero-order valence-electron chi connectivity index (χ0n) is 26.8. The zero-order chi connectivity index (χ0) is 30.4. The fourth-order valence-electron chi connectivity index (χ4n) is 5.17. The molecule has 0 aliphatic heterocycles. The van der Waals surface area contributed by atoms with Crippen LogP contribution in [0.25, 0.3) is 0 Å². The van der Waals surface area contributed by atoms with Gasteiger partial charge in [-0.25, -0.2) is 8.42 Å². The van der Waals surface area contributed by atoms with E-state index in [-0.39, 0.29) is 5.25 Å². The third-order valence-electron chi connectivity index (χ3n) is 7.80. The van der Waals surface area contributed by atoms with Gasteiger partial charge < -0.3 is 5.11 Å². The molecule has 0 radical (unpaired) electrons. The molecule has 42 heavy (non-hydrogen) atoms. The highest BCUT2D eigenvalue weighted by Gasteiger charge is 2.26. The molecule has 0 saturated carbocycles. The van der Waals surface area contributed by atoms with E-state index in [1.807, 2.05) is 18.2 Å². The molecule has 0 spiro atoms.